The zero-order valence-electron chi connectivity index (χ0n) is 80.0. The molecule has 0 radical (unpaired) electrons. The van der Waals surface area contributed by atoms with E-state index in [1.54, 1.807) is 0 Å². The van der Waals surface area contributed by atoms with Crippen LogP contribution in [0.15, 0.2) is 467 Å². The molecule has 3 aliphatic rings. The van der Waals surface area contributed by atoms with Gasteiger partial charge in [-0.25, -0.2) is 44.9 Å². The zero-order chi connectivity index (χ0) is 96.0. The fourth-order valence-electron chi connectivity index (χ4n) is 22.0. The van der Waals surface area contributed by atoms with Crippen LogP contribution in [-0.2, 0) is 16.2 Å². The molecule has 676 valence electrons. The summed E-state index contributed by atoms with van der Waals surface area (Å²) >= 11 is 0. The van der Waals surface area contributed by atoms with Crippen LogP contribution in [0.25, 0.3) is 234 Å². The first-order chi connectivity index (χ1) is 70.1. The molecule has 9 heteroatoms. The molecule has 0 atom stereocenters. The first-order valence-electron chi connectivity index (χ1n) is 49.0. The van der Waals surface area contributed by atoms with Gasteiger partial charge in [-0.2, -0.15) is 0 Å². The van der Waals surface area contributed by atoms with Crippen LogP contribution < -0.4 is 0 Å². The molecule has 0 spiro atoms. The van der Waals surface area contributed by atoms with Gasteiger partial charge in [0.1, 0.15) is 0 Å². The largest absolute Gasteiger partial charge is 0.208 e. The van der Waals surface area contributed by atoms with Gasteiger partial charge in [0.25, 0.3) is 0 Å². The first-order valence-corrected chi connectivity index (χ1v) is 49.0. The van der Waals surface area contributed by atoms with Crippen molar-refractivity contribution < 1.29 is 0 Å². The van der Waals surface area contributed by atoms with Gasteiger partial charge >= 0.3 is 0 Å². The van der Waals surface area contributed by atoms with E-state index in [-0.39, 0.29) is 16.2 Å². The number of rotatable bonds is 13. The van der Waals surface area contributed by atoms with Gasteiger partial charge < -0.3 is 0 Å². The number of fused-ring (bicyclic) bond motifs is 17. The number of nitrogens with zero attached hydrogens (tertiary/aromatic N) is 9. The topological polar surface area (TPSA) is 116 Å². The third kappa shape index (κ3) is 15.6. The highest BCUT2D eigenvalue weighted by atomic mass is 15.1. The maximum atomic E-state index is 5.09. The molecule has 0 saturated heterocycles. The van der Waals surface area contributed by atoms with Crippen molar-refractivity contribution in [2.75, 3.05) is 0 Å². The standard InChI is InChI=1S/C46H33N3.2C44H31N3/c1-46(2)40-22-10-9-21-38(40)42-39-29-35(24-23-31(39)25-26-41(42)46)34-18-12-20-37(28-34)45-48-43(32-15-7-4-8-16-32)47-44(49-45)36-19-11-17-33(27-36)30-13-5-3-6-14-30;1-44(2)38-20-12-11-19-37(38)40-33-23-21-30(27-31(33)22-26-39(40)44)32-24-25-36(35-18-10-9-17-34(32)35)43-46-41(28-13-5-3-6-14-28)45-42(47-43)29-15-7-4-8-16-29;1-44(2)37-21-9-8-19-36(37)40-38(44)25-24-29-16-11-20-35(39(29)40)32-17-10-18-33(27-32)42-45-41(30-13-4-3-5-14-30)46-43(47-42)34-23-22-28-12-6-7-15-31(28)26-34/h3-29H,1-2H3;2*3-27H,1-2H3. The molecule has 3 aliphatic carbocycles. The number of hydrogen-bond donors (Lipinski definition) is 0. The van der Waals surface area contributed by atoms with Gasteiger partial charge in [0.2, 0.25) is 0 Å². The molecule has 0 aliphatic heterocycles. The third-order valence-electron chi connectivity index (χ3n) is 29.3. The second kappa shape index (κ2) is 35.4. The van der Waals surface area contributed by atoms with E-state index >= 15 is 0 Å². The Hall–Kier alpha value is -18.1. The second-order valence-corrected chi connectivity index (χ2v) is 39.0. The van der Waals surface area contributed by atoms with Crippen LogP contribution >= 0.6 is 0 Å². The van der Waals surface area contributed by atoms with Crippen LogP contribution in [0.1, 0.15) is 74.9 Å². The third-order valence-corrected chi connectivity index (χ3v) is 29.3. The van der Waals surface area contributed by atoms with Crippen molar-refractivity contribution in [2.24, 2.45) is 0 Å². The van der Waals surface area contributed by atoms with Crippen LogP contribution in [0.3, 0.4) is 0 Å². The fraction of sp³-hybridized carbons (Fsp3) is 0.0672. The molecule has 27 rings (SSSR count). The highest BCUT2D eigenvalue weighted by molar-refractivity contribution is 6.12. The van der Waals surface area contributed by atoms with Crippen molar-refractivity contribution in [1.29, 1.82) is 0 Å². The Kier molecular flexibility index (Phi) is 21.4. The van der Waals surface area contributed by atoms with Crippen molar-refractivity contribution in [2.45, 2.75) is 57.8 Å². The van der Waals surface area contributed by atoms with Crippen LogP contribution in [0, 0.1) is 0 Å². The minimum Gasteiger partial charge on any atom is -0.208 e. The molecule has 0 unspecified atom stereocenters. The van der Waals surface area contributed by atoms with Crippen molar-refractivity contribution in [1.82, 2.24) is 44.9 Å². The van der Waals surface area contributed by atoms with E-state index in [1.807, 2.05) is 115 Å². The summed E-state index contributed by atoms with van der Waals surface area (Å²) in [5.41, 5.74) is 34.2. The van der Waals surface area contributed by atoms with Gasteiger partial charge in [0, 0.05) is 66.3 Å². The lowest BCUT2D eigenvalue weighted by Gasteiger charge is -2.21. The fourth-order valence-corrected chi connectivity index (χ4v) is 22.0. The Bertz CT molecular complexity index is 9120. The Morgan fingerprint density at radius 1 is 0.133 bits per heavy atom. The molecule has 24 aromatic rings. The van der Waals surface area contributed by atoms with Gasteiger partial charge in [-0.05, 0) is 208 Å². The van der Waals surface area contributed by atoms with Crippen molar-refractivity contribution in [3.05, 3.63) is 500 Å². The van der Waals surface area contributed by atoms with Crippen LogP contribution in [0.4, 0.5) is 0 Å². The zero-order valence-corrected chi connectivity index (χ0v) is 80.0. The molecular formula is C134H95N9. The highest BCUT2D eigenvalue weighted by Crippen LogP contribution is 2.56. The lowest BCUT2D eigenvalue weighted by molar-refractivity contribution is 0.660. The van der Waals surface area contributed by atoms with Gasteiger partial charge in [0.15, 0.2) is 52.4 Å². The van der Waals surface area contributed by atoms with E-state index < -0.39 is 0 Å². The lowest BCUT2D eigenvalue weighted by Crippen LogP contribution is -2.14. The SMILES string of the molecule is CC1(C)c2ccccc2-c2c1ccc1cc(-c3ccc(-c4nc(-c5ccccc5)nc(-c5ccccc5)n4)c4ccccc34)ccc21.CC1(C)c2ccccc2-c2c1ccc1ccc(-c3cccc(-c4nc(-c5ccccc5)nc(-c5cccc(-c6ccccc6)c5)n4)c3)cc21.CC1(C)c2ccccc2-c2c1ccc1cccc(-c3cccc(-c4nc(-c5ccccc5)nc(-c5ccc6ccccc6c5)n4)c3)c21. The Balaban J connectivity index is 0.000000113. The molecule has 21 aromatic carbocycles. The van der Waals surface area contributed by atoms with Crippen LogP contribution in [0.5, 0.6) is 0 Å². The Labute approximate surface area is 831 Å². The summed E-state index contributed by atoms with van der Waals surface area (Å²) in [6, 6.07) is 165. The predicted molar refractivity (Wildman–Crippen MR) is 590 cm³/mol. The monoisotopic (exact) mass is 1830 g/mol. The van der Waals surface area contributed by atoms with E-state index in [0.717, 1.165) is 88.7 Å². The molecule has 0 saturated carbocycles. The van der Waals surface area contributed by atoms with Crippen LogP contribution in [0.2, 0.25) is 0 Å². The summed E-state index contributed by atoms with van der Waals surface area (Å²) in [4.78, 5) is 45.2. The van der Waals surface area contributed by atoms with E-state index in [1.165, 1.54) is 127 Å². The maximum Gasteiger partial charge on any atom is 0.164 e. The summed E-state index contributed by atoms with van der Waals surface area (Å²) in [5.74, 6) is 5.90. The summed E-state index contributed by atoms with van der Waals surface area (Å²) in [5, 5.41) is 12.2. The normalized spacial score (nSPS) is 13.0. The van der Waals surface area contributed by atoms with Gasteiger partial charge in [-0.3, -0.25) is 0 Å². The maximum absolute atomic E-state index is 5.09. The summed E-state index contributed by atoms with van der Waals surface area (Å²) in [6.45, 7) is 14.0. The number of hydrogen-bond acceptors (Lipinski definition) is 9. The molecule has 0 N–H and O–H groups in total. The smallest absolute Gasteiger partial charge is 0.164 e. The summed E-state index contributed by atoms with van der Waals surface area (Å²) < 4.78 is 0. The molecule has 143 heavy (non-hydrogen) atoms. The summed E-state index contributed by atoms with van der Waals surface area (Å²) in [6.07, 6.45) is 0. The minimum absolute atomic E-state index is 0.0133. The van der Waals surface area contributed by atoms with Crippen LogP contribution in [-0.4, -0.2) is 44.9 Å². The predicted octanol–water partition coefficient (Wildman–Crippen LogP) is 34.0. The molecular weight excluding hydrogens is 1740 g/mol. The quantitative estimate of drug-likeness (QED) is 0.111. The van der Waals surface area contributed by atoms with Gasteiger partial charge in [-0.1, -0.05) is 466 Å². The average molecular weight is 1830 g/mol. The molecule has 0 bridgehead atoms. The number of benzene rings is 21. The van der Waals surface area contributed by atoms with Gasteiger partial charge in [0.05, 0.1) is 0 Å². The van der Waals surface area contributed by atoms with Crippen molar-refractivity contribution in [3.63, 3.8) is 0 Å². The molecule has 0 amide bonds. The summed E-state index contributed by atoms with van der Waals surface area (Å²) in [7, 11) is 0. The van der Waals surface area contributed by atoms with Gasteiger partial charge in [-0.15, -0.1) is 0 Å². The van der Waals surface area contributed by atoms with E-state index in [2.05, 4.69) is 393 Å². The number of aromatic nitrogens is 9. The minimum atomic E-state index is -0.0625. The highest BCUT2D eigenvalue weighted by Gasteiger charge is 2.40. The van der Waals surface area contributed by atoms with E-state index in [9.17, 15) is 0 Å². The van der Waals surface area contributed by atoms with Crippen molar-refractivity contribution in [3.8, 4) is 180 Å². The Morgan fingerprint density at radius 3 is 0.937 bits per heavy atom. The van der Waals surface area contributed by atoms with E-state index in [4.69, 9.17) is 44.9 Å². The van der Waals surface area contributed by atoms with E-state index in [0.29, 0.717) is 52.4 Å². The molecule has 3 aromatic heterocycles. The molecule has 0 fully saturated rings. The Morgan fingerprint density at radius 2 is 0.427 bits per heavy atom. The average Bonchev–Trinajstić information content (AvgIpc) is 1.57. The lowest BCUT2D eigenvalue weighted by atomic mass is 9.81. The first kappa shape index (κ1) is 86.5. The molecule has 3 heterocycles. The second-order valence-electron chi connectivity index (χ2n) is 39.0. The van der Waals surface area contributed by atoms with Crippen molar-refractivity contribution >= 4 is 53.9 Å². The molecule has 9 nitrogen and oxygen atoms in total.